The minimum atomic E-state index is -0.233. The predicted octanol–water partition coefficient (Wildman–Crippen LogP) is 4.46. The van der Waals surface area contributed by atoms with Crippen LogP contribution in [-0.4, -0.2) is 0 Å². The monoisotopic (exact) mass is 210 g/mol. The molecule has 15 heavy (non-hydrogen) atoms. The standard InChI is InChI=1S/C11H13FO.C2H6/c1-4-9(3)13-11-6-5-10(12)7-8(11)2;1-2/h4-7H,1-3H3;1-2H3/b9-4-;. The number of allylic oxidation sites excluding steroid dienone is 2. The molecule has 1 aromatic carbocycles. The summed E-state index contributed by atoms with van der Waals surface area (Å²) in [6.45, 7) is 9.58. The van der Waals surface area contributed by atoms with Gasteiger partial charge in [-0.3, -0.25) is 0 Å². The SMILES string of the molecule is C/C=C(/C)Oc1ccc(F)cc1C.CC. The largest absolute Gasteiger partial charge is 0.462 e. The summed E-state index contributed by atoms with van der Waals surface area (Å²) < 4.78 is 18.1. The van der Waals surface area contributed by atoms with Gasteiger partial charge in [0.2, 0.25) is 0 Å². The van der Waals surface area contributed by atoms with E-state index < -0.39 is 0 Å². The lowest BCUT2D eigenvalue weighted by molar-refractivity contribution is 0.422. The lowest BCUT2D eigenvalue weighted by Crippen LogP contribution is -1.92. The molecule has 0 fully saturated rings. The van der Waals surface area contributed by atoms with E-state index in [0.29, 0.717) is 5.75 Å². The predicted molar refractivity (Wildman–Crippen MR) is 62.5 cm³/mol. The molecule has 0 atom stereocenters. The Balaban J connectivity index is 0.000000921. The highest BCUT2D eigenvalue weighted by atomic mass is 19.1. The smallest absolute Gasteiger partial charge is 0.130 e. The van der Waals surface area contributed by atoms with Crippen molar-refractivity contribution in [3.8, 4) is 5.75 Å². The second-order valence-corrected chi connectivity index (χ2v) is 2.91. The maximum atomic E-state index is 12.7. The Morgan fingerprint density at radius 3 is 2.40 bits per heavy atom. The van der Waals surface area contributed by atoms with Crippen LogP contribution >= 0.6 is 0 Å². The third-order valence-corrected chi connectivity index (χ3v) is 1.81. The Morgan fingerprint density at radius 2 is 1.93 bits per heavy atom. The van der Waals surface area contributed by atoms with Crippen LogP contribution in [0.4, 0.5) is 4.39 Å². The van der Waals surface area contributed by atoms with Crippen LogP contribution in [-0.2, 0) is 0 Å². The van der Waals surface area contributed by atoms with Gasteiger partial charge in [0.15, 0.2) is 0 Å². The van der Waals surface area contributed by atoms with Crippen molar-refractivity contribution in [2.24, 2.45) is 0 Å². The summed E-state index contributed by atoms with van der Waals surface area (Å²) in [7, 11) is 0. The molecule has 2 heteroatoms. The number of hydrogen-bond acceptors (Lipinski definition) is 1. The molecule has 84 valence electrons. The maximum Gasteiger partial charge on any atom is 0.130 e. The van der Waals surface area contributed by atoms with Crippen molar-refractivity contribution in [1.82, 2.24) is 0 Å². The zero-order chi connectivity index (χ0) is 11.8. The van der Waals surface area contributed by atoms with Crippen LogP contribution in [0.2, 0.25) is 0 Å². The highest BCUT2D eigenvalue weighted by molar-refractivity contribution is 5.33. The molecular weight excluding hydrogens is 191 g/mol. The Labute approximate surface area is 91.6 Å². The van der Waals surface area contributed by atoms with Crippen LogP contribution in [0.1, 0.15) is 33.3 Å². The third kappa shape index (κ3) is 4.63. The summed E-state index contributed by atoms with van der Waals surface area (Å²) >= 11 is 0. The van der Waals surface area contributed by atoms with Gasteiger partial charge in [-0.2, -0.15) is 0 Å². The minimum Gasteiger partial charge on any atom is -0.462 e. The van der Waals surface area contributed by atoms with Gasteiger partial charge in [0, 0.05) is 0 Å². The van der Waals surface area contributed by atoms with Gasteiger partial charge in [-0.25, -0.2) is 4.39 Å². The second kappa shape index (κ2) is 7.04. The van der Waals surface area contributed by atoms with Crippen molar-refractivity contribution in [2.45, 2.75) is 34.6 Å². The highest BCUT2D eigenvalue weighted by Gasteiger charge is 2.00. The number of rotatable bonds is 2. The molecule has 0 saturated carbocycles. The van der Waals surface area contributed by atoms with Gasteiger partial charge in [-0.15, -0.1) is 0 Å². The van der Waals surface area contributed by atoms with Gasteiger partial charge in [-0.1, -0.05) is 13.8 Å². The Hall–Kier alpha value is -1.31. The molecule has 1 nitrogen and oxygen atoms in total. The molecule has 1 aromatic rings. The molecule has 0 spiro atoms. The van der Waals surface area contributed by atoms with Crippen molar-refractivity contribution < 1.29 is 9.13 Å². The molecule has 0 unspecified atom stereocenters. The Kier molecular flexibility index (Phi) is 6.43. The molecule has 0 bridgehead atoms. The van der Waals surface area contributed by atoms with Gasteiger partial charge >= 0.3 is 0 Å². The number of aryl methyl sites for hydroxylation is 1. The van der Waals surface area contributed by atoms with E-state index in [0.717, 1.165) is 11.3 Å². The molecule has 0 aliphatic carbocycles. The summed E-state index contributed by atoms with van der Waals surface area (Å²) in [5.74, 6) is 1.29. The summed E-state index contributed by atoms with van der Waals surface area (Å²) in [4.78, 5) is 0. The first-order valence-electron chi connectivity index (χ1n) is 5.20. The van der Waals surface area contributed by atoms with Crippen molar-refractivity contribution in [3.05, 3.63) is 41.4 Å². The first kappa shape index (κ1) is 13.7. The van der Waals surface area contributed by atoms with E-state index in [1.54, 1.807) is 6.07 Å². The summed E-state index contributed by atoms with van der Waals surface area (Å²) in [6, 6.07) is 4.49. The zero-order valence-electron chi connectivity index (χ0n) is 10.1. The van der Waals surface area contributed by atoms with Crippen molar-refractivity contribution in [2.75, 3.05) is 0 Å². The first-order valence-corrected chi connectivity index (χ1v) is 5.20. The van der Waals surface area contributed by atoms with E-state index in [9.17, 15) is 4.39 Å². The fourth-order valence-corrected chi connectivity index (χ4v) is 0.960. The third-order valence-electron chi connectivity index (χ3n) is 1.81. The minimum absolute atomic E-state index is 0.233. The van der Waals surface area contributed by atoms with Gasteiger partial charge in [0.25, 0.3) is 0 Å². The zero-order valence-corrected chi connectivity index (χ0v) is 10.1. The van der Waals surface area contributed by atoms with Gasteiger partial charge < -0.3 is 4.74 Å². The lowest BCUT2D eigenvalue weighted by atomic mass is 10.2. The van der Waals surface area contributed by atoms with Crippen molar-refractivity contribution >= 4 is 0 Å². The number of hydrogen-bond donors (Lipinski definition) is 0. The first-order chi connectivity index (χ1) is 7.13. The number of ether oxygens (including phenoxy) is 1. The van der Waals surface area contributed by atoms with Crippen LogP contribution in [0.25, 0.3) is 0 Å². The van der Waals surface area contributed by atoms with E-state index in [4.69, 9.17) is 4.74 Å². The molecule has 0 heterocycles. The van der Waals surface area contributed by atoms with Gasteiger partial charge in [0.1, 0.15) is 11.6 Å². The van der Waals surface area contributed by atoms with E-state index in [2.05, 4.69) is 0 Å². The van der Waals surface area contributed by atoms with Crippen LogP contribution in [0.5, 0.6) is 5.75 Å². The van der Waals surface area contributed by atoms with Crippen LogP contribution in [0.15, 0.2) is 30.0 Å². The number of halogens is 1. The van der Waals surface area contributed by atoms with E-state index >= 15 is 0 Å². The molecule has 0 aliphatic heterocycles. The average Bonchev–Trinajstić information content (AvgIpc) is 2.25. The summed E-state index contributed by atoms with van der Waals surface area (Å²) in [6.07, 6.45) is 1.86. The number of benzene rings is 1. The van der Waals surface area contributed by atoms with Crippen molar-refractivity contribution in [1.29, 1.82) is 0 Å². The topological polar surface area (TPSA) is 9.23 Å². The lowest BCUT2D eigenvalue weighted by Gasteiger charge is -2.07. The molecular formula is C13H19FO. The van der Waals surface area contributed by atoms with Crippen LogP contribution in [0, 0.1) is 12.7 Å². The summed E-state index contributed by atoms with van der Waals surface area (Å²) in [5.41, 5.74) is 0.807. The molecule has 0 radical (unpaired) electrons. The Bertz CT molecular complexity index is 329. The van der Waals surface area contributed by atoms with Crippen LogP contribution < -0.4 is 4.74 Å². The molecule has 0 N–H and O–H groups in total. The molecule has 1 rings (SSSR count). The fourth-order valence-electron chi connectivity index (χ4n) is 0.960. The second-order valence-electron chi connectivity index (χ2n) is 2.91. The maximum absolute atomic E-state index is 12.7. The van der Waals surface area contributed by atoms with Gasteiger partial charge in [0.05, 0.1) is 5.76 Å². The molecule has 0 aromatic heterocycles. The molecule has 0 aliphatic rings. The van der Waals surface area contributed by atoms with E-state index in [1.807, 2.05) is 40.7 Å². The van der Waals surface area contributed by atoms with Gasteiger partial charge in [-0.05, 0) is 50.6 Å². The summed E-state index contributed by atoms with van der Waals surface area (Å²) in [5, 5.41) is 0. The fraction of sp³-hybridized carbons (Fsp3) is 0.385. The highest BCUT2D eigenvalue weighted by Crippen LogP contribution is 2.20. The van der Waals surface area contributed by atoms with Crippen LogP contribution in [0.3, 0.4) is 0 Å². The Morgan fingerprint density at radius 1 is 1.33 bits per heavy atom. The molecule has 0 saturated heterocycles. The van der Waals surface area contributed by atoms with E-state index in [-0.39, 0.29) is 5.82 Å². The normalized spacial score (nSPS) is 10.4. The van der Waals surface area contributed by atoms with Crippen molar-refractivity contribution in [3.63, 3.8) is 0 Å². The van der Waals surface area contributed by atoms with E-state index in [1.165, 1.54) is 12.1 Å². The quantitative estimate of drug-likeness (QED) is 0.655. The molecule has 0 amide bonds. The average molecular weight is 210 g/mol.